The van der Waals surface area contributed by atoms with E-state index in [2.05, 4.69) is 10.4 Å². The molecule has 1 aromatic rings. The molecule has 1 rings (SSSR count). The zero-order chi connectivity index (χ0) is 12.1. The number of ether oxygens (including phenoxy) is 1. The van der Waals surface area contributed by atoms with Crippen LogP contribution in [0, 0.1) is 10.1 Å². The van der Waals surface area contributed by atoms with Gasteiger partial charge in [0.1, 0.15) is 12.3 Å². The molecule has 0 saturated carbocycles. The van der Waals surface area contributed by atoms with Crippen molar-refractivity contribution in [1.29, 1.82) is 0 Å². The van der Waals surface area contributed by atoms with E-state index in [9.17, 15) is 10.1 Å². The summed E-state index contributed by atoms with van der Waals surface area (Å²) in [5.41, 5.74) is 0.424. The fraction of sp³-hybridized carbons (Fsp3) is 0.667. The zero-order valence-electron chi connectivity index (χ0n) is 9.69. The molecule has 90 valence electrons. The third-order valence-electron chi connectivity index (χ3n) is 2.15. The molecular weight excluding hydrogens is 212 g/mol. The highest BCUT2D eigenvalue weighted by Gasteiger charge is 2.26. The van der Waals surface area contributed by atoms with E-state index in [0.29, 0.717) is 25.3 Å². The average molecular weight is 228 g/mol. The Morgan fingerprint density at radius 1 is 1.62 bits per heavy atom. The van der Waals surface area contributed by atoms with Crippen LogP contribution in [0.1, 0.15) is 12.6 Å². The van der Waals surface area contributed by atoms with Gasteiger partial charge in [-0.1, -0.05) is 6.92 Å². The van der Waals surface area contributed by atoms with Crippen molar-refractivity contribution in [3.8, 4) is 5.88 Å². The van der Waals surface area contributed by atoms with E-state index in [1.807, 2.05) is 6.92 Å². The van der Waals surface area contributed by atoms with Gasteiger partial charge in [0.15, 0.2) is 0 Å². The van der Waals surface area contributed by atoms with Crippen molar-refractivity contribution >= 4 is 5.69 Å². The Bertz CT molecular complexity index is 375. The van der Waals surface area contributed by atoms with Gasteiger partial charge in [-0.15, -0.1) is 0 Å². The average Bonchev–Trinajstić information content (AvgIpc) is 2.56. The summed E-state index contributed by atoms with van der Waals surface area (Å²) in [6, 6.07) is 0. The van der Waals surface area contributed by atoms with Crippen molar-refractivity contribution in [2.45, 2.75) is 13.3 Å². The first-order valence-electron chi connectivity index (χ1n) is 5.09. The first-order chi connectivity index (χ1) is 7.61. The number of likely N-dealkylation sites (N-methyl/N-ethyl adjacent to an activating group) is 1. The Morgan fingerprint density at radius 2 is 2.31 bits per heavy atom. The smallest absolute Gasteiger partial charge is 0.353 e. The Balaban J connectivity index is 2.96. The Morgan fingerprint density at radius 3 is 2.81 bits per heavy atom. The Hall–Kier alpha value is -1.63. The number of hydrogen-bond acceptors (Lipinski definition) is 5. The van der Waals surface area contributed by atoms with Crippen LogP contribution in [0.5, 0.6) is 5.88 Å². The molecule has 0 unspecified atom stereocenters. The van der Waals surface area contributed by atoms with Crippen molar-refractivity contribution in [3.05, 3.63) is 15.8 Å². The lowest BCUT2D eigenvalue weighted by atomic mass is 10.3. The SMILES string of the molecule is CCc1nn(C)c(OCCNC)c1[N+](=O)[O-]. The molecule has 7 nitrogen and oxygen atoms in total. The summed E-state index contributed by atoms with van der Waals surface area (Å²) in [6.07, 6.45) is 0.513. The highest BCUT2D eigenvalue weighted by Crippen LogP contribution is 2.30. The molecule has 1 aromatic heterocycles. The standard InChI is InChI=1S/C9H16N4O3/c1-4-7-8(13(14)15)9(12(3)11-7)16-6-5-10-2/h10H,4-6H2,1-3H3. The van der Waals surface area contributed by atoms with Gasteiger partial charge >= 0.3 is 5.69 Å². The largest absolute Gasteiger partial charge is 0.472 e. The predicted molar refractivity (Wildman–Crippen MR) is 58.7 cm³/mol. The third kappa shape index (κ3) is 2.48. The van der Waals surface area contributed by atoms with Gasteiger partial charge in [-0.3, -0.25) is 10.1 Å². The Labute approximate surface area is 93.5 Å². The second-order valence-electron chi connectivity index (χ2n) is 3.29. The molecular formula is C9H16N4O3. The normalized spacial score (nSPS) is 10.4. The van der Waals surface area contributed by atoms with E-state index in [1.54, 1.807) is 14.1 Å². The van der Waals surface area contributed by atoms with Gasteiger partial charge in [-0.25, -0.2) is 4.68 Å². The molecule has 0 amide bonds. The number of nitro groups is 1. The van der Waals surface area contributed by atoms with Crippen molar-refractivity contribution in [3.63, 3.8) is 0 Å². The number of rotatable bonds is 6. The molecule has 0 spiro atoms. The highest BCUT2D eigenvalue weighted by molar-refractivity contribution is 5.46. The van der Waals surface area contributed by atoms with Crippen LogP contribution in [0.4, 0.5) is 5.69 Å². The number of hydrogen-bond donors (Lipinski definition) is 1. The molecule has 0 bridgehead atoms. The molecule has 0 aliphatic heterocycles. The summed E-state index contributed by atoms with van der Waals surface area (Å²) in [5.74, 6) is 0.220. The van der Waals surface area contributed by atoms with Crippen LogP contribution in [0.2, 0.25) is 0 Å². The maximum atomic E-state index is 10.9. The molecule has 0 aromatic carbocycles. The number of aromatic nitrogens is 2. The Kier molecular flexibility index (Phi) is 4.24. The quantitative estimate of drug-likeness (QED) is 0.435. The van der Waals surface area contributed by atoms with Crippen LogP contribution in [0.15, 0.2) is 0 Å². The lowest BCUT2D eigenvalue weighted by Crippen LogP contribution is -2.17. The van der Waals surface area contributed by atoms with Crippen LogP contribution >= 0.6 is 0 Å². The van der Waals surface area contributed by atoms with E-state index in [-0.39, 0.29) is 11.6 Å². The van der Waals surface area contributed by atoms with Crippen LogP contribution in [0.25, 0.3) is 0 Å². The van der Waals surface area contributed by atoms with E-state index >= 15 is 0 Å². The van der Waals surface area contributed by atoms with Crippen molar-refractivity contribution < 1.29 is 9.66 Å². The van der Waals surface area contributed by atoms with Gasteiger partial charge in [-0.2, -0.15) is 5.10 Å². The fourth-order valence-corrected chi connectivity index (χ4v) is 1.38. The van der Waals surface area contributed by atoms with Gasteiger partial charge in [-0.05, 0) is 13.5 Å². The lowest BCUT2D eigenvalue weighted by Gasteiger charge is -2.04. The first kappa shape index (κ1) is 12.4. The highest BCUT2D eigenvalue weighted by atomic mass is 16.6. The van der Waals surface area contributed by atoms with Crippen molar-refractivity contribution in [2.24, 2.45) is 7.05 Å². The van der Waals surface area contributed by atoms with Crippen LogP contribution in [0.3, 0.4) is 0 Å². The molecule has 0 atom stereocenters. The van der Waals surface area contributed by atoms with Crippen molar-refractivity contribution in [2.75, 3.05) is 20.2 Å². The van der Waals surface area contributed by atoms with Crippen LogP contribution in [-0.2, 0) is 13.5 Å². The van der Waals surface area contributed by atoms with Crippen molar-refractivity contribution in [1.82, 2.24) is 15.1 Å². The van der Waals surface area contributed by atoms with Gasteiger partial charge in [0.25, 0.3) is 5.88 Å². The second kappa shape index (κ2) is 5.45. The summed E-state index contributed by atoms with van der Waals surface area (Å²) >= 11 is 0. The molecule has 1 heterocycles. The van der Waals surface area contributed by atoms with Gasteiger partial charge in [0, 0.05) is 13.6 Å². The molecule has 1 N–H and O–H groups in total. The van der Waals surface area contributed by atoms with Crippen LogP contribution < -0.4 is 10.1 Å². The molecule has 0 saturated heterocycles. The van der Waals surface area contributed by atoms with E-state index in [1.165, 1.54) is 4.68 Å². The van der Waals surface area contributed by atoms with Gasteiger partial charge in [0.2, 0.25) is 0 Å². The lowest BCUT2D eigenvalue weighted by molar-refractivity contribution is -0.386. The number of aryl methyl sites for hydroxylation is 2. The molecule has 0 fully saturated rings. The molecule has 0 aliphatic carbocycles. The van der Waals surface area contributed by atoms with E-state index < -0.39 is 4.92 Å². The molecule has 0 aliphatic rings. The summed E-state index contributed by atoms with van der Waals surface area (Å²) < 4.78 is 6.76. The first-order valence-corrected chi connectivity index (χ1v) is 5.09. The monoisotopic (exact) mass is 228 g/mol. The second-order valence-corrected chi connectivity index (χ2v) is 3.29. The van der Waals surface area contributed by atoms with E-state index in [4.69, 9.17) is 4.74 Å². The number of nitrogens with one attached hydrogen (secondary N) is 1. The summed E-state index contributed by atoms with van der Waals surface area (Å²) in [6.45, 7) is 2.83. The topological polar surface area (TPSA) is 82.2 Å². The molecule has 7 heteroatoms. The van der Waals surface area contributed by atoms with Gasteiger partial charge < -0.3 is 10.1 Å². The third-order valence-corrected chi connectivity index (χ3v) is 2.15. The summed E-state index contributed by atoms with van der Waals surface area (Å²) in [5, 5.41) is 17.9. The summed E-state index contributed by atoms with van der Waals surface area (Å²) in [7, 11) is 3.43. The minimum atomic E-state index is -0.444. The minimum absolute atomic E-state index is 0.0268. The molecule has 16 heavy (non-hydrogen) atoms. The fourth-order valence-electron chi connectivity index (χ4n) is 1.38. The zero-order valence-corrected chi connectivity index (χ0v) is 9.69. The maximum absolute atomic E-state index is 10.9. The van der Waals surface area contributed by atoms with E-state index in [0.717, 1.165) is 0 Å². The minimum Gasteiger partial charge on any atom is -0.472 e. The predicted octanol–water partition coefficient (Wildman–Crippen LogP) is 0.489. The number of nitrogens with zero attached hydrogens (tertiary/aromatic N) is 3. The van der Waals surface area contributed by atoms with Gasteiger partial charge in [0.05, 0.1) is 4.92 Å². The summed E-state index contributed by atoms with van der Waals surface area (Å²) in [4.78, 5) is 10.5. The van der Waals surface area contributed by atoms with Crippen LogP contribution in [-0.4, -0.2) is 34.9 Å². The maximum Gasteiger partial charge on any atom is 0.353 e. The molecule has 0 radical (unpaired) electrons.